The molecule has 5 nitrogen and oxygen atoms in total. The molecule has 120 valence electrons. The maximum absolute atomic E-state index is 12.1. The Balaban J connectivity index is 0.00000242. The number of nitrogens with zero attached hydrogens (tertiary/aromatic N) is 1. The van der Waals surface area contributed by atoms with Crippen molar-refractivity contribution in [2.45, 2.75) is 6.42 Å². The number of carboxylic acid groups (broad SMARTS) is 1. The first kappa shape index (κ1) is 18.5. The van der Waals surface area contributed by atoms with Gasteiger partial charge >= 0.3 is 5.97 Å². The molecule has 7 heteroatoms. The normalized spacial score (nSPS) is 17.4. The molecule has 22 heavy (non-hydrogen) atoms. The predicted octanol–water partition coefficient (Wildman–Crippen LogP) is 2.83. The number of ether oxygens (including phenoxy) is 1. The summed E-state index contributed by atoms with van der Waals surface area (Å²) in [6.45, 7) is 0.754. The summed E-state index contributed by atoms with van der Waals surface area (Å²) in [6.07, 6.45) is 3.64. The first-order chi connectivity index (χ1) is 10.0. The van der Waals surface area contributed by atoms with Crippen LogP contribution >= 0.6 is 28.3 Å². The lowest BCUT2D eigenvalue weighted by Gasteiger charge is -2.13. The fourth-order valence-corrected chi connectivity index (χ4v) is 2.64. The van der Waals surface area contributed by atoms with Crippen molar-refractivity contribution in [3.63, 3.8) is 0 Å². The standard InChI is InChI=1S/C15H16BrNO4.ClH/c1-21-13-4-3-12(16)8-10(13)2-5-14(18)17-7-6-11(9-17)15(19)20;/h2-5,8,11H,6-7,9H2,1H3,(H,19,20);1H. The lowest BCUT2D eigenvalue weighted by Crippen LogP contribution is -2.28. The third kappa shape index (κ3) is 4.48. The Morgan fingerprint density at radius 3 is 2.77 bits per heavy atom. The van der Waals surface area contributed by atoms with Gasteiger partial charge in [0.1, 0.15) is 5.75 Å². The molecule has 1 aliphatic rings. The molecule has 1 fully saturated rings. The van der Waals surface area contributed by atoms with Gasteiger partial charge in [-0.2, -0.15) is 0 Å². The highest BCUT2D eigenvalue weighted by molar-refractivity contribution is 9.10. The van der Waals surface area contributed by atoms with Crippen molar-refractivity contribution in [1.29, 1.82) is 0 Å². The van der Waals surface area contributed by atoms with Gasteiger partial charge in [-0.15, -0.1) is 12.4 Å². The average Bonchev–Trinajstić information content (AvgIpc) is 2.95. The largest absolute Gasteiger partial charge is 0.496 e. The van der Waals surface area contributed by atoms with Crippen LogP contribution in [-0.2, 0) is 9.59 Å². The first-order valence-electron chi connectivity index (χ1n) is 6.54. The average molecular weight is 391 g/mol. The van der Waals surface area contributed by atoms with E-state index in [1.807, 2.05) is 18.2 Å². The Bertz CT molecular complexity index is 591. The van der Waals surface area contributed by atoms with Crippen molar-refractivity contribution >= 4 is 46.3 Å². The number of methoxy groups -OCH3 is 1. The number of hydrogen-bond donors (Lipinski definition) is 1. The highest BCUT2D eigenvalue weighted by Crippen LogP contribution is 2.24. The number of halogens is 2. The van der Waals surface area contributed by atoms with Crippen molar-refractivity contribution in [3.05, 3.63) is 34.3 Å². The van der Waals surface area contributed by atoms with Crippen LogP contribution < -0.4 is 4.74 Å². The second kappa shape index (κ2) is 8.19. The van der Waals surface area contributed by atoms with Crippen molar-refractivity contribution in [2.24, 2.45) is 5.92 Å². The van der Waals surface area contributed by atoms with E-state index in [4.69, 9.17) is 9.84 Å². The highest BCUT2D eigenvalue weighted by atomic mass is 79.9. The third-order valence-electron chi connectivity index (χ3n) is 3.45. The number of rotatable bonds is 4. The molecule has 1 aromatic carbocycles. The van der Waals surface area contributed by atoms with Gasteiger partial charge in [-0.05, 0) is 30.7 Å². The van der Waals surface area contributed by atoms with Crippen LogP contribution in [0.3, 0.4) is 0 Å². The summed E-state index contributed by atoms with van der Waals surface area (Å²) in [7, 11) is 1.57. The maximum Gasteiger partial charge on any atom is 0.308 e. The van der Waals surface area contributed by atoms with Gasteiger partial charge < -0.3 is 14.7 Å². The van der Waals surface area contributed by atoms with Gasteiger partial charge in [0, 0.05) is 29.2 Å². The zero-order chi connectivity index (χ0) is 15.4. The minimum absolute atomic E-state index is 0. The third-order valence-corrected chi connectivity index (χ3v) is 3.94. The molecule has 1 aromatic rings. The smallest absolute Gasteiger partial charge is 0.308 e. The van der Waals surface area contributed by atoms with Crippen LogP contribution in [0.25, 0.3) is 6.08 Å². The quantitative estimate of drug-likeness (QED) is 0.803. The minimum Gasteiger partial charge on any atom is -0.496 e. The van der Waals surface area contributed by atoms with E-state index in [1.165, 1.54) is 6.08 Å². The molecule has 1 aliphatic heterocycles. The molecule has 0 saturated carbocycles. The number of carboxylic acids is 1. The lowest BCUT2D eigenvalue weighted by molar-refractivity contribution is -0.141. The topological polar surface area (TPSA) is 66.8 Å². The number of amides is 1. The number of aliphatic carboxylic acids is 1. The van der Waals surface area contributed by atoms with Crippen LogP contribution in [0.15, 0.2) is 28.7 Å². The van der Waals surface area contributed by atoms with Crippen LogP contribution in [0.5, 0.6) is 5.75 Å². The molecule has 0 aliphatic carbocycles. The molecule has 0 spiro atoms. The Labute approximate surface area is 143 Å². The second-order valence-electron chi connectivity index (χ2n) is 4.83. The van der Waals surface area contributed by atoms with Gasteiger partial charge in [-0.1, -0.05) is 15.9 Å². The molecular formula is C15H17BrClNO4. The molecule has 1 N–H and O–H groups in total. The molecule has 1 unspecified atom stereocenters. The van der Waals surface area contributed by atoms with Crippen molar-refractivity contribution in [2.75, 3.05) is 20.2 Å². The fourth-order valence-electron chi connectivity index (χ4n) is 2.26. The zero-order valence-corrected chi connectivity index (χ0v) is 14.4. The van der Waals surface area contributed by atoms with Crippen LogP contribution in [0.1, 0.15) is 12.0 Å². The highest BCUT2D eigenvalue weighted by Gasteiger charge is 2.29. The van der Waals surface area contributed by atoms with E-state index in [-0.39, 0.29) is 24.9 Å². The first-order valence-corrected chi connectivity index (χ1v) is 7.34. The summed E-state index contributed by atoms with van der Waals surface area (Å²) in [5.74, 6) is -0.807. The van der Waals surface area contributed by atoms with E-state index in [0.717, 1.165) is 10.0 Å². The minimum atomic E-state index is -0.845. The van der Waals surface area contributed by atoms with E-state index in [9.17, 15) is 9.59 Å². The summed E-state index contributed by atoms with van der Waals surface area (Å²) in [4.78, 5) is 24.5. The Kier molecular flexibility index (Phi) is 6.90. The van der Waals surface area contributed by atoms with Gasteiger partial charge in [0.05, 0.1) is 13.0 Å². The van der Waals surface area contributed by atoms with Crippen LogP contribution in [0, 0.1) is 5.92 Å². The molecular weight excluding hydrogens is 374 g/mol. The van der Waals surface area contributed by atoms with E-state index >= 15 is 0 Å². The molecule has 1 atom stereocenters. The maximum atomic E-state index is 12.1. The molecule has 1 saturated heterocycles. The van der Waals surface area contributed by atoms with Gasteiger partial charge in [0.25, 0.3) is 0 Å². The number of hydrogen-bond acceptors (Lipinski definition) is 3. The lowest BCUT2D eigenvalue weighted by atomic mass is 10.1. The molecule has 0 aromatic heterocycles. The van der Waals surface area contributed by atoms with Crippen LogP contribution in [-0.4, -0.2) is 42.1 Å². The van der Waals surface area contributed by atoms with Crippen molar-refractivity contribution in [3.8, 4) is 5.75 Å². The van der Waals surface area contributed by atoms with Crippen LogP contribution in [0.4, 0.5) is 0 Å². The molecule has 0 bridgehead atoms. The van der Waals surface area contributed by atoms with Gasteiger partial charge in [0.2, 0.25) is 5.91 Å². The number of benzene rings is 1. The summed E-state index contributed by atoms with van der Waals surface area (Å²) in [6, 6.07) is 5.52. The fraction of sp³-hybridized carbons (Fsp3) is 0.333. The monoisotopic (exact) mass is 389 g/mol. The zero-order valence-electron chi connectivity index (χ0n) is 12.0. The van der Waals surface area contributed by atoms with E-state index in [2.05, 4.69) is 15.9 Å². The Hall–Kier alpha value is -1.53. The van der Waals surface area contributed by atoms with Gasteiger partial charge in [0.15, 0.2) is 0 Å². The van der Waals surface area contributed by atoms with Gasteiger partial charge in [-0.25, -0.2) is 0 Å². The molecule has 2 rings (SSSR count). The number of likely N-dealkylation sites (tertiary alicyclic amines) is 1. The SMILES string of the molecule is COc1ccc(Br)cc1C=CC(=O)N1CCC(C(=O)O)C1.Cl. The molecule has 1 amide bonds. The summed E-state index contributed by atoms with van der Waals surface area (Å²) < 4.78 is 6.12. The van der Waals surface area contributed by atoms with Crippen molar-refractivity contribution < 1.29 is 19.4 Å². The van der Waals surface area contributed by atoms with E-state index < -0.39 is 11.9 Å². The van der Waals surface area contributed by atoms with E-state index in [1.54, 1.807) is 18.1 Å². The molecule has 1 heterocycles. The second-order valence-corrected chi connectivity index (χ2v) is 5.74. The Morgan fingerprint density at radius 1 is 1.45 bits per heavy atom. The van der Waals surface area contributed by atoms with Crippen molar-refractivity contribution in [1.82, 2.24) is 4.90 Å². The van der Waals surface area contributed by atoms with Gasteiger partial charge in [-0.3, -0.25) is 9.59 Å². The van der Waals surface area contributed by atoms with Crippen LogP contribution in [0.2, 0.25) is 0 Å². The summed E-state index contributed by atoms with van der Waals surface area (Å²) in [5, 5.41) is 8.94. The summed E-state index contributed by atoms with van der Waals surface area (Å²) in [5.41, 5.74) is 0.786. The number of carbonyl (C=O) groups is 2. The predicted molar refractivity (Wildman–Crippen MR) is 89.3 cm³/mol. The molecule has 0 radical (unpaired) electrons. The van der Waals surface area contributed by atoms with E-state index in [0.29, 0.717) is 18.7 Å². The summed E-state index contributed by atoms with van der Waals surface area (Å²) >= 11 is 3.37. The Morgan fingerprint density at radius 2 is 2.18 bits per heavy atom. The number of carbonyl (C=O) groups excluding carboxylic acids is 1.